The van der Waals surface area contributed by atoms with Gasteiger partial charge < -0.3 is 4.74 Å². The third-order valence-electron chi connectivity index (χ3n) is 3.78. The molecule has 92 valence electrons. The molecule has 17 heavy (non-hydrogen) atoms. The Balaban J connectivity index is 2.27. The van der Waals surface area contributed by atoms with Crippen LogP contribution >= 0.6 is 0 Å². The minimum absolute atomic E-state index is 0.326. The number of hydrogen-bond donors (Lipinski definition) is 0. The van der Waals surface area contributed by atoms with Gasteiger partial charge in [0.15, 0.2) is 5.60 Å². The van der Waals surface area contributed by atoms with E-state index in [-0.39, 0.29) is 5.97 Å². The van der Waals surface area contributed by atoms with Crippen LogP contribution in [0.2, 0.25) is 0 Å². The minimum Gasteiger partial charge on any atom is -0.447 e. The lowest BCUT2D eigenvalue weighted by atomic mass is 9.86. The van der Waals surface area contributed by atoms with Crippen LogP contribution in [-0.4, -0.2) is 11.6 Å². The number of esters is 1. The van der Waals surface area contributed by atoms with Crippen molar-refractivity contribution in [2.45, 2.75) is 51.0 Å². The van der Waals surface area contributed by atoms with Gasteiger partial charge >= 0.3 is 5.97 Å². The topological polar surface area (TPSA) is 26.3 Å². The molecule has 0 aromatic carbocycles. The summed E-state index contributed by atoms with van der Waals surface area (Å²) >= 11 is 0. The zero-order valence-electron chi connectivity index (χ0n) is 10.5. The molecule has 0 fully saturated rings. The Morgan fingerprint density at radius 3 is 2.18 bits per heavy atom. The first kappa shape index (κ1) is 12.2. The van der Waals surface area contributed by atoms with Crippen molar-refractivity contribution in [2.24, 2.45) is 0 Å². The molecule has 0 radical (unpaired) electrons. The molecule has 0 heterocycles. The summed E-state index contributed by atoms with van der Waals surface area (Å²) in [6.07, 6.45) is 12.3. The highest BCUT2D eigenvalue weighted by molar-refractivity contribution is 5.82. The standard InChI is InChI=1S/C15H20O2/c1-3-14(16)17-15(2,12-8-4-5-9-12)13-10-6-7-11-13/h3,8,10H,1,4-7,9,11H2,2H3. The Hall–Kier alpha value is -1.31. The fraction of sp³-hybridized carbons (Fsp3) is 0.533. The predicted octanol–water partition coefficient (Wildman–Crippen LogP) is 3.69. The first-order valence-electron chi connectivity index (χ1n) is 6.41. The van der Waals surface area contributed by atoms with Crippen molar-refractivity contribution in [1.29, 1.82) is 0 Å². The van der Waals surface area contributed by atoms with Crippen LogP contribution < -0.4 is 0 Å². The summed E-state index contributed by atoms with van der Waals surface area (Å²) in [6, 6.07) is 0. The van der Waals surface area contributed by atoms with Gasteiger partial charge in [0, 0.05) is 6.08 Å². The molecule has 0 spiro atoms. The average Bonchev–Trinajstić information content (AvgIpc) is 3.01. The lowest BCUT2D eigenvalue weighted by Gasteiger charge is -2.32. The predicted molar refractivity (Wildman–Crippen MR) is 68.6 cm³/mol. The first-order valence-corrected chi connectivity index (χ1v) is 6.41. The molecule has 2 rings (SSSR count). The molecule has 0 aliphatic heterocycles. The van der Waals surface area contributed by atoms with E-state index in [1.165, 1.54) is 30.1 Å². The van der Waals surface area contributed by atoms with E-state index in [9.17, 15) is 4.79 Å². The molecule has 2 heteroatoms. The lowest BCUT2D eigenvalue weighted by Crippen LogP contribution is -2.34. The van der Waals surface area contributed by atoms with E-state index in [2.05, 4.69) is 18.7 Å². The van der Waals surface area contributed by atoms with E-state index < -0.39 is 5.60 Å². The molecule has 0 saturated heterocycles. The summed E-state index contributed by atoms with van der Waals surface area (Å²) < 4.78 is 5.66. The highest BCUT2D eigenvalue weighted by atomic mass is 16.6. The Morgan fingerprint density at radius 2 is 1.82 bits per heavy atom. The van der Waals surface area contributed by atoms with Crippen LogP contribution in [0.3, 0.4) is 0 Å². The normalized spacial score (nSPS) is 19.8. The zero-order chi connectivity index (χ0) is 12.3. The number of allylic oxidation sites excluding steroid dienone is 2. The maximum absolute atomic E-state index is 11.5. The van der Waals surface area contributed by atoms with Crippen molar-refractivity contribution in [2.75, 3.05) is 0 Å². The molecule has 0 atom stereocenters. The third-order valence-corrected chi connectivity index (χ3v) is 3.78. The van der Waals surface area contributed by atoms with Gasteiger partial charge in [-0.15, -0.1) is 0 Å². The Bertz CT molecular complexity index is 364. The van der Waals surface area contributed by atoms with Crippen molar-refractivity contribution in [1.82, 2.24) is 0 Å². The van der Waals surface area contributed by atoms with Gasteiger partial charge in [-0.1, -0.05) is 18.7 Å². The SMILES string of the molecule is C=CC(=O)OC(C)(C1=CCCC1)C1=CCCC1. The highest BCUT2D eigenvalue weighted by Gasteiger charge is 2.38. The largest absolute Gasteiger partial charge is 0.447 e. The van der Waals surface area contributed by atoms with Crippen LogP contribution in [0.15, 0.2) is 36.0 Å². The average molecular weight is 232 g/mol. The number of carbonyl (C=O) groups excluding carboxylic acids is 1. The van der Waals surface area contributed by atoms with Crippen LogP contribution in [0.1, 0.15) is 45.4 Å². The van der Waals surface area contributed by atoms with E-state index in [0.29, 0.717) is 0 Å². The van der Waals surface area contributed by atoms with Crippen molar-refractivity contribution >= 4 is 5.97 Å². The van der Waals surface area contributed by atoms with E-state index >= 15 is 0 Å². The van der Waals surface area contributed by atoms with Crippen LogP contribution in [0, 0.1) is 0 Å². The van der Waals surface area contributed by atoms with Crippen LogP contribution in [-0.2, 0) is 9.53 Å². The van der Waals surface area contributed by atoms with E-state index in [1.807, 2.05) is 6.92 Å². The van der Waals surface area contributed by atoms with Gasteiger partial charge in [0.2, 0.25) is 0 Å². The van der Waals surface area contributed by atoms with Crippen molar-refractivity contribution in [3.63, 3.8) is 0 Å². The number of rotatable bonds is 4. The Kier molecular flexibility index (Phi) is 3.51. The van der Waals surface area contributed by atoms with E-state index in [4.69, 9.17) is 4.74 Å². The summed E-state index contributed by atoms with van der Waals surface area (Å²) in [5.41, 5.74) is 2.01. The molecule has 2 aliphatic carbocycles. The number of ether oxygens (including phenoxy) is 1. The van der Waals surface area contributed by atoms with Crippen molar-refractivity contribution in [3.05, 3.63) is 36.0 Å². The maximum Gasteiger partial charge on any atom is 0.331 e. The second-order valence-electron chi connectivity index (χ2n) is 4.90. The van der Waals surface area contributed by atoms with Gasteiger partial charge in [0.05, 0.1) is 0 Å². The summed E-state index contributed by atoms with van der Waals surface area (Å²) in [7, 11) is 0. The fourth-order valence-electron chi connectivity index (χ4n) is 2.79. The maximum atomic E-state index is 11.5. The van der Waals surface area contributed by atoms with Crippen LogP contribution in [0.4, 0.5) is 0 Å². The highest BCUT2D eigenvalue weighted by Crippen LogP contribution is 2.41. The van der Waals surface area contributed by atoms with Gasteiger partial charge in [0.1, 0.15) is 0 Å². The smallest absolute Gasteiger partial charge is 0.331 e. The third kappa shape index (κ3) is 2.36. The summed E-state index contributed by atoms with van der Waals surface area (Å²) in [6.45, 7) is 5.52. The molecule has 2 aliphatic rings. The summed E-state index contributed by atoms with van der Waals surface area (Å²) in [5, 5.41) is 0. The lowest BCUT2D eigenvalue weighted by molar-refractivity contribution is -0.145. The molecule has 0 N–H and O–H groups in total. The molecule has 0 aromatic heterocycles. The van der Waals surface area contributed by atoms with Crippen LogP contribution in [0.5, 0.6) is 0 Å². The molecule has 0 bridgehead atoms. The van der Waals surface area contributed by atoms with E-state index in [1.54, 1.807) is 0 Å². The fourth-order valence-corrected chi connectivity index (χ4v) is 2.79. The van der Waals surface area contributed by atoms with Crippen molar-refractivity contribution in [3.8, 4) is 0 Å². The summed E-state index contributed by atoms with van der Waals surface area (Å²) in [5.74, 6) is -0.326. The molecule has 0 amide bonds. The monoisotopic (exact) mass is 232 g/mol. The molecule has 0 saturated carbocycles. The quantitative estimate of drug-likeness (QED) is 0.420. The molecular weight excluding hydrogens is 212 g/mol. The molecule has 0 aromatic rings. The number of hydrogen-bond acceptors (Lipinski definition) is 2. The molecule has 2 nitrogen and oxygen atoms in total. The minimum atomic E-state index is -0.516. The van der Waals surface area contributed by atoms with Gasteiger partial charge in [-0.25, -0.2) is 4.79 Å². The Labute approximate surface area is 103 Å². The van der Waals surface area contributed by atoms with Gasteiger partial charge in [0.25, 0.3) is 0 Å². The van der Waals surface area contributed by atoms with Gasteiger partial charge in [-0.2, -0.15) is 0 Å². The molecule has 0 unspecified atom stereocenters. The Morgan fingerprint density at radius 1 is 1.29 bits per heavy atom. The summed E-state index contributed by atoms with van der Waals surface area (Å²) in [4.78, 5) is 11.5. The van der Waals surface area contributed by atoms with Gasteiger partial charge in [-0.3, -0.25) is 0 Å². The van der Waals surface area contributed by atoms with Crippen LogP contribution in [0.25, 0.3) is 0 Å². The van der Waals surface area contributed by atoms with E-state index in [0.717, 1.165) is 25.7 Å². The molecular formula is C15H20O2. The first-order chi connectivity index (χ1) is 8.16. The number of carbonyl (C=O) groups is 1. The second kappa shape index (κ2) is 4.91. The van der Waals surface area contributed by atoms with Gasteiger partial charge in [-0.05, 0) is 56.6 Å². The second-order valence-corrected chi connectivity index (χ2v) is 4.90. The zero-order valence-corrected chi connectivity index (χ0v) is 10.5. The van der Waals surface area contributed by atoms with Crippen molar-refractivity contribution < 1.29 is 9.53 Å².